The predicted molar refractivity (Wildman–Crippen MR) is 64.2 cm³/mol. The summed E-state index contributed by atoms with van der Waals surface area (Å²) in [5, 5.41) is 15.5. The minimum absolute atomic E-state index is 0.111. The Kier molecular flexibility index (Phi) is 4.67. The Hall–Kier alpha value is -0.920. The second-order valence-corrected chi connectivity index (χ2v) is 5.77. The Morgan fingerprint density at radius 1 is 1.35 bits per heavy atom. The van der Waals surface area contributed by atoms with E-state index >= 15 is 0 Å². The second-order valence-electron chi connectivity index (χ2n) is 3.89. The fourth-order valence-corrected chi connectivity index (χ4v) is 3.62. The lowest BCUT2D eigenvalue weighted by Gasteiger charge is -2.20. The van der Waals surface area contributed by atoms with Gasteiger partial charge in [0, 0.05) is 13.1 Å². The number of hydrogen-bond acceptors (Lipinski definition) is 4. The summed E-state index contributed by atoms with van der Waals surface area (Å²) in [5.41, 5.74) is 0.989. The number of aliphatic hydroxyl groups excluding tert-OH is 1. The standard InChI is InChI=1S/C10H19N3O3S/c1-4-5-13(6-7-14)17(15,16)10-8(2)11-12-9(10)3/h14H,4-7H2,1-3H3,(H,11,12). The van der Waals surface area contributed by atoms with Gasteiger partial charge in [-0.2, -0.15) is 9.40 Å². The van der Waals surface area contributed by atoms with Crippen LogP contribution in [0.2, 0.25) is 0 Å². The lowest BCUT2D eigenvalue weighted by Crippen LogP contribution is -2.34. The number of nitrogens with one attached hydrogen (secondary N) is 1. The quantitative estimate of drug-likeness (QED) is 0.777. The lowest BCUT2D eigenvalue weighted by atomic mass is 10.4. The Morgan fingerprint density at radius 3 is 2.41 bits per heavy atom. The summed E-state index contributed by atoms with van der Waals surface area (Å²) in [6, 6.07) is 0. The minimum atomic E-state index is -3.56. The van der Waals surface area contributed by atoms with Crippen molar-refractivity contribution >= 4 is 10.0 Å². The van der Waals surface area contributed by atoms with E-state index in [1.54, 1.807) is 13.8 Å². The molecule has 0 fully saturated rings. The van der Waals surface area contributed by atoms with Gasteiger partial charge in [-0.1, -0.05) is 6.92 Å². The molecule has 6 nitrogen and oxygen atoms in total. The van der Waals surface area contributed by atoms with Gasteiger partial charge >= 0.3 is 0 Å². The molecule has 0 spiro atoms. The predicted octanol–water partition coefficient (Wildman–Crippen LogP) is 0.420. The minimum Gasteiger partial charge on any atom is -0.395 e. The van der Waals surface area contributed by atoms with Gasteiger partial charge in [0.15, 0.2) is 0 Å². The molecule has 0 saturated heterocycles. The first-order valence-electron chi connectivity index (χ1n) is 5.57. The summed E-state index contributed by atoms with van der Waals surface area (Å²) in [6.45, 7) is 5.55. The van der Waals surface area contributed by atoms with Crippen LogP contribution in [-0.4, -0.2) is 47.7 Å². The highest BCUT2D eigenvalue weighted by molar-refractivity contribution is 7.89. The Balaban J connectivity index is 3.16. The smallest absolute Gasteiger partial charge is 0.246 e. The zero-order valence-corrected chi connectivity index (χ0v) is 11.2. The van der Waals surface area contributed by atoms with E-state index in [1.165, 1.54) is 4.31 Å². The summed E-state index contributed by atoms with van der Waals surface area (Å²) in [7, 11) is -3.56. The number of aromatic amines is 1. The van der Waals surface area contributed by atoms with Gasteiger partial charge in [-0.05, 0) is 20.3 Å². The van der Waals surface area contributed by atoms with E-state index < -0.39 is 10.0 Å². The van der Waals surface area contributed by atoms with E-state index in [0.717, 1.165) is 0 Å². The van der Waals surface area contributed by atoms with Crippen molar-refractivity contribution in [2.24, 2.45) is 0 Å². The lowest BCUT2D eigenvalue weighted by molar-refractivity contribution is 0.253. The van der Waals surface area contributed by atoms with Gasteiger partial charge in [-0.15, -0.1) is 0 Å². The van der Waals surface area contributed by atoms with Gasteiger partial charge in [0.25, 0.3) is 0 Å². The molecule has 98 valence electrons. The number of hydrogen-bond donors (Lipinski definition) is 2. The van der Waals surface area contributed by atoms with Crippen LogP contribution in [0.4, 0.5) is 0 Å². The number of aryl methyl sites for hydroxylation is 2. The van der Waals surface area contributed by atoms with Crippen LogP contribution in [0.3, 0.4) is 0 Å². The van der Waals surface area contributed by atoms with Crippen molar-refractivity contribution in [3.8, 4) is 0 Å². The molecule has 1 aromatic heterocycles. The Bertz CT molecular complexity index is 442. The fourth-order valence-electron chi connectivity index (χ4n) is 1.76. The highest BCUT2D eigenvalue weighted by Gasteiger charge is 2.28. The molecule has 0 amide bonds. The van der Waals surface area contributed by atoms with Gasteiger partial charge in [-0.3, -0.25) is 5.10 Å². The molecule has 0 aromatic carbocycles. The van der Waals surface area contributed by atoms with Crippen LogP contribution in [0.5, 0.6) is 0 Å². The Labute approximate surface area is 102 Å². The average Bonchev–Trinajstić information content (AvgIpc) is 2.58. The second kappa shape index (κ2) is 5.61. The molecule has 0 radical (unpaired) electrons. The van der Waals surface area contributed by atoms with E-state index in [1.807, 2.05) is 6.92 Å². The zero-order valence-electron chi connectivity index (χ0n) is 10.4. The van der Waals surface area contributed by atoms with Crippen LogP contribution < -0.4 is 0 Å². The summed E-state index contributed by atoms with van der Waals surface area (Å²) in [4.78, 5) is 0.222. The molecule has 0 aliphatic rings. The SMILES string of the molecule is CCCN(CCO)S(=O)(=O)c1c(C)n[nH]c1C. The number of rotatable bonds is 6. The van der Waals surface area contributed by atoms with E-state index in [0.29, 0.717) is 24.4 Å². The summed E-state index contributed by atoms with van der Waals surface area (Å²) in [6.07, 6.45) is 0.704. The first kappa shape index (κ1) is 14.1. The average molecular weight is 261 g/mol. The number of aromatic nitrogens is 2. The number of sulfonamides is 1. The molecule has 1 aromatic rings. The number of nitrogens with zero attached hydrogens (tertiary/aromatic N) is 2. The first-order chi connectivity index (χ1) is 7.95. The molecule has 2 N–H and O–H groups in total. The molecule has 0 saturated carbocycles. The van der Waals surface area contributed by atoms with Gasteiger partial charge in [0.1, 0.15) is 4.90 Å². The van der Waals surface area contributed by atoms with Crippen LogP contribution >= 0.6 is 0 Å². The maximum Gasteiger partial charge on any atom is 0.246 e. The highest BCUT2D eigenvalue weighted by atomic mass is 32.2. The molecule has 0 aliphatic carbocycles. The molecule has 1 rings (SSSR count). The topological polar surface area (TPSA) is 86.3 Å². The summed E-state index contributed by atoms with van der Waals surface area (Å²) in [5.74, 6) is 0. The van der Waals surface area contributed by atoms with E-state index in [-0.39, 0.29) is 18.0 Å². The van der Waals surface area contributed by atoms with E-state index in [4.69, 9.17) is 5.11 Å². The van der Waals surface area contributed by atoms with Crippen molar-refractivity contribution in [1.82, 2.24) is 14.5 Å². The monoisotopic (exact) mass is 261 g/mol. The third-order valence-electron chi connectivity index (χ3n) is 2.48. The van der Waals surface area contributed by atoms with Crippen LogP contribution in [0.15, 0.2) is 4.90 Å². The van der Waals surface area contributed by atoms with Crippen LogP contribution in [-0.2, 0) is 10.0 Å². The zero-order chi connectivity index (χ0) is 13.1. The summed E-state index contributed by atoms with van der Waals surface area (Å²) < 4.78 is 26.0. The normalized spacial score (nSPS) is 12.3. The van der Waals surface area contributed by atoms with Crippen molar-refractivity contribution in [2.45, 2.75) is 32.1 Å². The van der Waals surface area contributed by atoms with Gasteiger partial charge in [-0.25, -0.2) is 8.42 Å². The molecule has 0 unspecified atom stereocenters. The van der Waals surface area contributed by atoms with Crippen LogP contribution in [0.1, 0.15) is 24.7 Å². The molecular formula is C10H19N3O3S. The first-order valence-corrected chi connectivity index (χ1v) is 7.01. The third-order valence-corrected chi connectivity index (χ3v) is 4.64. The third kappa shape index (κ3) is 2.85. The highest BCUT2D eigenvalue weighted by Crippen LogP contribution is 2.21. The van der Waals surface area contributed by atoms with Gasteiger partial charge < -0.3 is 5.11 Å². The molecule has 7 heteroatoms. The fraction of sp³-hybridized carbons (Fsp3) is 0.700. The largest absolute Gasteiger partial charge is 0.395 e. The van der Waals surface area contributed by atoms with Crippen molar-refractivity contribution in [1.29, 1.82) is 0 Å². The maximum absolute atomic E-state index is 12.4. The molecule has 0 aliphatic heterocycles. The molecule has 0 bridgehead atoms. The van der Waals surface area contributed by atoms with Crippen molar-refractivity contribution in [2.75, 3.05) is 19.7 Å². The van der Waals surface area contributed by atoms with E-state index in [2.05, 4.69) is 10.2 Å². The van der Waals surface area contributed by atoms with Crippen LogP contribution in [0.25, 0.3) is 0 Å². The number of aliphatic hydroxyl groups is 1. The van der Waals surface area contributed by atoms with Crippen molar-refractivity contribution < 1.29 is 13.5 Å². The van der Waals surface area contributed by atoms with E-state index in [9.17, 15) is 8.42 Å². The van der Waals surface area contributed by atoms with Crippen molar-refractivity contribution in [3.63, 3.8) is 0 Å². The number of H-pyrrole nitrogens is 1. The summed E-state index contributed by atoms with van der Waals surface area (Å²) >= 11 is 0. The molecule has 17 heavy (non-hydrogen) atoms. The van der Waals surface area contributed by atoms with Crippen LogP contribution in [0, 0.1) is 13.8 Å². The van der Waals surface area contributed by atoms with Crippen molar-refractivity contribution in [3.05, 3.63) is 11.4 Å². The molecule has 1 heterocycles. The maximum atomic E-state index is 12.4. The Morgan fingerprint density at radius 2 is 2.00 bits per heavy atom. The van der Waals surface area contributed by atoms with Gasteiger partial charge in [0.05, 0.1) is 18.0 Å². The van der Waals surface area contributed by atoms with Gasteiger partial charge in [0.2, 0.25) is 10.0 Å². The molecular weight excluding hydrogens is 242 g/mol. The molecule has 0 atom stereocenters.